The molecule has 0 unspecified atom stereocenters. The van der Waals surface area contributed by atoms with E-state index in [2.05, 4.69) is 22.3 Å². The minimum Gasteiger partial charge on any atom is -0.355 e. The monoisotopic (exact) mass is 446 g/mol. The molecule has 2 fully saturated rings. The second-order valence-corrected chi connectivity index (χ2v) is 8.98. The number of nitrogens with zero attached hydrogens (tertiary/aromatic N) is 3. The zero-order valence-corrected chi connectivity index (χ0v) is 18.5. The van der Waals surface area contributed by atoms with Crippen molar-refractivity contribution < 1.29 is 22.9 Å². The molecule has 0 spiro atoms. The molecule has 9 heteroatoms. The van der Waals surface area contributed by atoms with Gasteiger partial charge in [-0.3, -0.25) is 14.5 Å². The van der Waals surface area contributed by atoms with Gasteiger partial charge in [-0.25, -0.2) is 8.78 Å². The molecule has 32 heavy (non-hydrogen) atoms. The van der Waals surface area contributed by atoms with Gasteiger partial charge >= 0.3 is 0 Å². The second kappa shape index (κ2) is 8.97. The lowest BCUT2D eigenvalue weighted by Crippen LogP contribution is -2.57. The molecule has 2 heterocycles. The van der Waals surface area contributed by atoms with Crippen LogP contribution in [0.25, 0.3) is 11.3 Å². The maximum atomic E-state index is 14.0. The molecule has 0 bridgehead atoms. The second-order valence-electron chi connectivity index (χ2n) is 8.98. The first kappa shape index (κ1) is 22.4. The third-order valence-corrected chi connectivity index (χ3v) is 6.54. The van der Waals surface area contributed by atoms with Crippen LogP contribution in [0.4, 0.5) is 8.78 Å². The molecular weight excluding hydrogens is 418 g/mol. The highest BCUT2D eigenvalue weighted by molar-refractivity contribution is 5.94. The molecule has 1 N–H and O–H groups in total. The van der Waals surface area contributed by atoms with Crippen LogP contribution in [0.1, 0.15) is 36.7 Å². The average Bonchev–Trinajstić information content (AvgIpc) is 3.49. The number of piperidine rings is 1. The van der Waals surface area contributed by atoms with E-state index < -0.39 is 17.5 Å². The molecule has 1 aliphatic heterocycles. The van der Waals surface area contributed by atoms with E-state index in [1.807, 2.05) is 0 Å². The summed E-state index contributed by atoms with van der Waals surface area (Å²) in [7, 11) is 3.43. The zero-order chi connectivity index (χ0) is 23.0. The van der Waals surface area contributed by atoms with Crippen LogP contribution in [0.2, 0.25) is 0 Å². The minimum atomic E-state index is -0.804. The van der Waals surface area contributed by atoms with Gasteiger partial charge in [0.05, 0.1) is 11.5 Å². The van der Waals surface area contributed by atoms with Gasteiger partial charge in [-0.15, -0.1) is 0 Å². The van der Waals surface area contributed by atoms with Gasteiger partial charge in [0.25, 0.3) is 5.91 Å². The maximum absolute atomic E-state index is 14.0. The lowest BCUT2D eigenvalue weighted by atomic mass is 9.89. The van der Waals surface area contributed by atoms with Gasteiger partial charge in [-0.2, -0.15) is 0 Å². The molecule has 0 radical (unpaired) electrons. The van der Waals surface area contributed by atoms with Crippen LogP contribution >= 0.6 is 0 Å². The summed E-state index contributed by atoms with van der Waals surface area (Å²) in [5, 5.41) is 6.67. The molecule has 4 rings (SSSR count). The van der Waals surface area contributed by atoms with E-state index in [4.69, 9.17) is 4.52 Å². The van der Waals surface area contributed by atoms with Crippen molar-refractivity contribution in [1.82, 2.24) is 20.3 Å². The van der Waals surface area contributed by atoms with E-state index in [9.17, 15) is 18.4 Å². The number of hydrogen-bond acceptors (Lipinski definition) is 5. The third-order valence-electron chi connectivity index (χ3n) is 6.54. The van der Waals surface area contributed by atoms with Gasteiger partial charge in [0.2, 0.25) is 5.91 Å². The fourth-order valence-corrected chi connectivity index (χ4v) is 4.42. The Morgan fingerprint density at radius 1 is 1.22 bits per heavy atom. The lowest BCUT2D eigenvalue weighted by Gasteiger charge is -2.41. The highest BCUT2D eigenvalue weighted by Gasteiger charge is 2.41. The highest BCUT2D eigenvalue weighted by Crippen LogP contribution is 2.36. The number of likely N-dealkylation sites (tertiary alicyclic amines) is 1. The number of carbonyl (C=O) groups excluding carboxylic acids is 2. The van der Waals surface area contributed by atoms with Crippen LogP contribution in [-0.4, -0.2) is 66.0 Å². The lowest BCUT2D eigenvalue weighted by molar-refractivity contribution is -0.136. The summed E-state index contributed by atoms with van der Waals surface area (Å²) in [5.41, 5.74) is -0.00506. The molecule has 2 aromatic rings. The van der Waals surface area contributed by atoms with E-state index in [0.717, 1.165) is 18.7 Å². The van der Waals surface area contributed by atoms with E-state index in [1.165, 1.54) is 25.0 Å². The van der Waals surface area contributed by atoms with Crippen LogP contribution in [0.15, 0.2) is 28.8 Å². The molecule has 7 nitrogen and oxygen atoms in total. The molecule has 2 amide bonds. The van der Waals surface area contributed by atoms with Gasteiger partial charge in [-0.05, 0) is 44.2 Å². The van der Waals surface area contributed by atoms with Gasteiger partial charge in [0, 0.05) is 51.4 Å². The van der Waals surface area contributed by atoms with Crippen molar-refractivity contribution in [3.05, 3.63) is 41.6 Å². The van der Waals surface area contributed by atoms with Gasteiger partial charge < -0.3 is 14.7 Å². The number of nitrogens with one attached hydrogen (secondary N) is 1. The summed E-state index contributed by atoms with van der Waals surface area (Å²) in [6.07, 6.45) is 3.10. The normalized spacial score (nSPS) is 22.4. The third kappa shape index (κ3) is 4.67. The van der Waals surface area contributed by atoms with Crippen molar-refractivity contribution in [2.24, 2.45) is 11.8 Å². The fraction of sp³-hybridized carbons (Fsp3) is 0.522. The SMILES string of the molecule is C[C@@H](C1CC1)N1CC[C@H](NC(=O)c2cc(-c3ccc(F)cc3F)on2)[C@@H](C(=O)N(C)C)C1. The van der Waals surface area contributed by atoms with Crippen molar-refractivity contribution in [3.8, 4) is 11.3 Å². The maximum Gasteiger partial charge on any atom is 0.273 e. The first-order chi connectivity index (χ1) is 15.2. The van der Waals surface area contributed by atoms with Gasteiger partial charge in [0.1, 0.15) is 11.6 Å². The number of hydrogen-bond donors (Lipinski definition) is 1. The van der Waals surface area contributed by atoms with Crippen LogP contribution in [0.3, 0.4) is 0 Å². The Bertz CT molecular complexity index is 1000. The first-order valence-electron chi connectivity index (χ1n) is 10.9. The highest BCUT2D eigenvalue weighted by atomic mass is 19.1. The molecule has 172 valence electrons. The number of aromatic nitrogens is 1. The number of amides is 2. The van der Waals surface area contributed by atoms with Crippen LogP contribution in [0.5, 0.6) is 0 Å². The van der Waals surface area contributed by atoms with Crippen molar-refractivity contribution >= 4 is 11.8 Å². The molecule has 1 aromatic carbocycles. The molecule has 1 saturated carbocycles. The zero-order valence-electron chi connectivity index (χ0n) is 18.5. The van der Waals surface area contributed by atoms with E-state index in [-0.39, 0.29) is 34.9 Å². The number of carbonyl (C=O) groups is 2. The Hall–Kier alpha value is -2.81. The Morgan fingerprint density at radius 3 is 2.62 bits per heavy atom. The predicted molar refractivity (Wildman–Crippen MR) is 114 cm³/mol. The van der Waals surface area contributed by atoms with Crippen molar-refractivity contribution in [3.63, 3.8) is 0 Å². The Labute approximate surface area is 185 Å². The summed E-state index contributed by atoms with van der Waals surface area (Å²) in [6, 6.07) is 4.48. The van der Waals surface area contributed by atoms with Gasteiger partial charge in [0.15, 0.2) is 11.5 Å². The van der Waals surface area contributed by atoms with E-state index in [0.29, 0.717) is 24.9 Å². The summed E-state index contributed by atoms with van der Waals surface area (Å²) in [4.78, 5) is 29.6. The predicted octanol–water partition coefficient (Wildman–Crippen LogP) is 2.93. The van der Waals surface area contributed by atoms with Crippen molar-refractivity contribution in [2.75, 3.05) is 27.2 Å². The molecular formula is C23H28F2N4O3. The molecule has 3 atom stereocenters. The van der Waals surface area contributed by atoms with E-state index in [1.54, 1.807) is 19.0 Å². The molecule has 1 aromatic heterocycles. The summed E-state index contributed by atoms with van der Waals surface area (Å²) in [6.45, 7) is 3.59. The van der Waals surface area contributed by atoms with Crippen molar-refractivity contribution in [2.45, 2.75) is 38.3 Å². The number of rotatable bonds is 6. The van der Waals surface area contributed by atoms with Crippen LogP contribution in [0, 0.1) is 23.5 Å². The smallest absolute Gasteiger partial charge is 0.273 e. The summed E-state index contributed by atoms with van der Waals surface area (Å²) in [5.74, 6) is -1.68. The first-order valence-corrected chi connectivity index (χ1v) is 10.9. The largest absolute Gasteiger partial charge is 0.355 e. The summed E-state index contributed by atoms with van der Waals surface area (Å²) < 4.78 is 32.3. The van der Waals surface area contributed by atoms with Crippen molar-refractivity contribution in [1.29, 1.82) is 0 Å². The topological polar surface area (TPSA) is 78.7 Å². The quantitative estimate of drug-likeness (QED) is 0.738. The molecule has 1 aliphatic carbocycles. The summed E-state index contributed by atoms with van der Waals surface area (Å²) >= 11 is 0. The average molecular weight is 446 g/mol. The fourth-order valence-electron chi connectivity index (χ4n) is 4.42. The molecule has 2 aliphatic rings. The van der Waals surface area contributed by atoms with Crippen LogP contribution in [-0.2, 0) is 4.79 Å². The Morgan fingerprint density at radius 2 is 1.97 bits per heavy atom. The molecule has 1 saturated heterocycles. The number of benzene rings is 1. The Kier molecular flexibility index (Phi) is 6.28. The minimum absolute atomic E-state index is 0.0148. The van der Waals surface area contributed by atoms with Gasteiger partial charge in [-0.1, -0.05) is 5.16 Å². The van der Waals surface area contributed by atoms with Crippen LogP contribution < -0.4 is 5.32 Å². The standard InChI is InChI=1S/C23H28F2N4O3/c1-13(14-4-5-14)29-9-8-19(17(12-29)23(31)28(2)3)26-22(30)20-11-21(32-27-20)16-7-6-15(24)10-18(16)25/h6-7,10-11,13-14,17,19H,4-5,8-9,12H2,1-3H3,(H,26,30)/t13-,17-,19-/m0/s1. The Balaban J connectivity index is 1.47. The van der Waals surface area contributed by atoms with E-state index >= 15 is 0 Å². The number of halogens is 2.